The molecule has 5 rings (SSSR count). The van der Waals surface area contributed by atoms with Crippen molar-refractivity contribution in [1.82, 2.24) is 4.98 Å². The van der Waals surface area contributed by atoms with Crippen LogP contribution in [-0.2, 0) is 5.66 Å². The van der Waals surface area contributed by atoms with Crippen LogP contribution in [0.2, 0.25) is 0 Å². The van der Waals surface area contributed by atoms with Gasteiger partial charge >= 0.3 is 0 Å². The normalized spacial score (nSPS) is 14.8. The van der Waals surface area contributed by atoms with Gasteiger partial charge in [-0.15, -0.1) is 10.2 Å². The molecule has 0 saturated carbocycles. The van der Waals surface area contributed by atoms with Crippen molar-refractivity contribution in [3.8, 4) is 0 Å². The number of fused-ring (bicyclic) bond motifs is 3. The number of nitrogens with zero attached hydrogens (tertiary/aromatic N) is 4. The lowest BCUT2D eigenvalue weighted by atomic mass is 9.89. The van der Waals surface area contributed by atoms with E-state index in [-0.39, 0.29) is 0 Å². The second-order valence-corrected chi connectivity index (χ2v) is 7.42. The molecule has 0 radical (unpaired) electrons. The van der Waals surface area contributed by atoms with E-state index >= 15 is 0 Å². The summed E-state index contributed by atoms with van der Waals surface area (Å²) in [6.07, 6.45) is 1.74. The van der Waals surface area contributed by atoms with Crippen LogP contribution in [0.25, 0.3) is 10.9 Å². The standard InChI is InChI=1S/C24H20N4O/c1-16-5-9-18(10-6-16)24(19-11-7-17(2)8-12-19)27-26-23-20-4-3-15-25-21(20)13-14-22(23)28(24)29/h3-15,29H,1-2H3. The fourth-order valence-corrected chi connectivity index (χ4v) is 3.84. The average molecular weight is 380 g/mol. The van der Waals surface area contributed by atoms with Crippen LogP contribution >= 0.6 is 0 Å². The molecular weight excluding hydrogens is 360 g/mol. The summed E-state index contributed by atoms with van der Waals surface area (Å²) in [5.41, 5.74) is 4.84. The van der Waals surface area contributed by atoms with Crippen LogP contribution < -0.4 is 5.06 Å². The van der Waals surface area contributed by atoms with Crippen LogP contribution in [0.1, 0.15) is 22.3 Å². The Labute approximate surface area is 168 Å². The molecule has 4 aromatic rings. The van der Waals surface area contributed by atoms with E-state index in [0.29, 0.717) is 11.4 Å². The summed E-state index contributed by atoms with van der Waals surface area (Å²) in [4.78, 5) is 4.38. The zero-order valence-electron chi connectivity index (χ0n) is 16.2. The number of benzene rings is 3. The summed E-state index contributed by atoms with van der Waals surface area (Å²) >= 11 is 0. The van der Waals surface area contributed by atoms with E-state index < -0.39 is 5.66 Å². The predicted octanol–water partition coefficient (Wildman–Crippen LogP) is 6.05. The number of aryl methyl sites for hydroxylation is 2. The lowest BCUT2D eigenvalue weighted by Gasteiger charge is -2.40. The summed E-state index contributed by atoms with van der Waals surface area (Å²) in [6.45, 7) is 4.08. The quantitative estimate of drug-likeness (QED) is 0.461. The van der Waals surface area contributed by atoms with Crippen molar-refractivity contribution in [2.75, 3.05) is 5.06 Å². The number of anilines is 1. The van der Waals surface area contributed by atoms with Gasteiger partial charge in [0.25, 0.3) is 0 Å². The molecule has 0 atom stereocenters. The number of hydroxylamine groups is 1. The summed E-state index contributed by atoms with van der Waals surface area (Å²) in [6, 6.07) is 23.6. The van der Waals surface area contributed by atoms with Gasteiger partial charge in [0.1, 0.15) is 5.69 Å². The Morgan fingerprint density at radius 2 is 1.41 bits per heavy atom. The summed E-state index contributed by atoms with van der Waals surface area (Å²) in [7, 11) is 0. The third kappa shape index (κ3) is 2.62. The molecule has 0 bridgehead atoms. The Balaban J connectivity index is 1.78. The van der Waals surface area contributed by atoms with Crippen molar-refractivity contribution in [2.45, 2.75) is 19.5 Å². The monoisotopic (exact) mass is 380 g/mol. The molecule has 5 nitrogen and oxygen atoms in total. The van der Waals surface area contributed by atoms with Crippen molar-refractivity contribution >= 4 is 22.3 Å². The fraction of sp³-hybridized carbons (Fsp3) is 0.125. The lowest BCUT2D eigenvalue weighted by molar-refractivity contribution is 0.168. The van der Waals surface area contributed by atoms with Crippen molar-refractivity contribution < 1.29 is 5.21 Å². The molecule has 0 saturated heterocycles. The molecule has 1 aliphatic rings. The zero-order valence-corrected chi connectivity index (χ0v) is 16.2. The molecule has 0 spiro atoms. The summed E-state index contributed by atoms with van der Waals surface area (Å²) in [5.74, 6) is 0. The first-order valence-electron chi connectivity index (χ1n) is 9.53. The second kappa shape index (κ2) is 6.50. The van der Waals surface area contributed by atoms with E-state index in [1.165, 1.54) is 5.06 Å². The van der Waals surface area contributed by atoms with E-state index in [0.717, 1.165) is 33.2 Å². The Bertz CT molecular complexity index is 1180. The molecular formula is C24H20N4O. The minimum absolute atomic E-state index is 0.599. The maximum atomic E-state index is 11.5. The van der Waals surface area contributed by atoms with Crippen LogP contribution in [-0.4, -0.2) is 10.2 Å². The van der Waals surface area contributed by atoms with Crippen molar-refractivity contribution in [3.05, 3.63) is 101 Å². The molecule has 29 heavy (non-hydrogen) atoms. The van der Waals surface area contributed by atoms with Gasteiger partial charge in [0.2, 0.25) is 5.66 Å². The van der Waals surface area contributed by atoms with Crippen LogP contribution in [0, 0.1) is 13.8 Å². The predicted molar refractivity (Wildman–Crippen MR) is 114 cm³/mol. The number of azo groups is 1. The van der Waals surface area contributed by atoms with E-state index in [9.17, 15) is 5.21 Å². The molecule has 0 aliphatic carbocycles. The minimum atomic E-state index is -1.16. The smallest absolute Gasteiger partial charge is 0.227 e. The van der Waals surface area contributed by atoms with E-state index in [2.05, 4.69) is 10.1 Å². The average Bonchev–Trinajstić information content (AvgIpc) is 2.75. The van der Waals surface area contributed by atoms with Gasteiger partial charge in [0.15, 0.2) is 0 Å². The fourth-order valence-electron chi connectivity index (χ4n) is 3.84. The Hall–Kier alpha value is -3.57. The minimum Gasteiger partial charge on any atom is -0.285 e. The number of rotatable bonds is 2. The maximum Gasteiger partial charge on any atom is 0.227 e. The van der Waals surface area contributed by atoms with Crippen molar-refractivity contribution in [1.29, 1.82) is 0 Å². The number of pyridine rings is 1. The molecule has 1 aromatic heterocycles. The van der Waals surface area contributed by atoms with Gasteiger partial charge in [-0.2, -0.15) is 0 Å². The molecule has 5 heteroatoms. The van der Waals surface area contributed by atoms with Gasteiger partial charge in [-0.1, -0.05) is 59.7 Å². The highest BCUT2D eigenvalue weighted by Crippen LogP contribution is 2.49. The first-order valence-corrected chi connectivity index (χ1v) is 9.53. The molecule has 0 fully saturated rings. The summed E-state index contributed by atoms with van der Waals surface area (Å²) < 4.78 is 0. The Kier molecular flexibility index (Phi) is 3.93. The molecule has 1 N–H and O–H groups in total. The molecule has 1 aliphatic heterocycles. The molecule has 2 heterocycles. The third-order valence-corrected chi connectivity index (χ3v) is 5.47. The maximum absolute atomic E-state index is 11.5. The van der Waals surface area contributed by atoms with Gasteiger partial charge in [-0.25, -0.2) is 5.06 Å². The Morgan fingerprint density at radius 3 is 2.03 bits per heavy atom. The van der Waals surface area contributed by atoms with Crippen molar-refractivity contribution in [3.63, 3.8) is 0 Å². The topological polar surface area (TPSA) is 61.1 Å². The van der Waals surface area contributed by atoms with Crippen molar-refractivity contribution in [2.24, 2.45) is 10.2 Å². The van der Waals surface area contributed by atoms with Gasteiger partial charge in [-0.3, -0.25) is 10.2 Å². The van der Waals surface area contributed by atoms with Crippen LogP contribution in [0.15, 0.2) is 89.2 Å². The van der Waals surface area contributed by atoms with Gasteiger partial charge in [0, 0.05) is 22.7 Å². The SMILES string of the molecule is Cc1ccc(C2(c3ccc(C)cc3)N=Nc3c(ccc4ncccc34)N2O)cc1. The molecule has 142 valence electrons. The van der Waals surface area contributed by atoms with E-state index in [1.54, 1.807) is 6.20 Å². The van der Waals surface area contributed by atoms with Crippen LogP contribution in [0.4, 0.5) is 11.4 Å². The lowest BCUT2D eigenvalue weighted by Crippen LogP contribution is -2.45. The molecule has 0 amide bonds. The van der Waals surface area contributed by atoms with E-state index in [4.69, 9.17) is 5.11 Å². The number of hydrogen-bond donors (Lipinski definition) is 1. The second-order valence-electron chi connectivity index (χ2n) is 7.42. The third-order valence-electron chi connectivity index (χ3n) is 5.47. The summed E-state index contributed by atoms with van der Waals surface area (Å²) in [5, 5.41) is 22.9. The van der Waals surface area contributed by atoms with E-state index in [1.807, 2.05) is 86.6 Å². The highest BCUT2D eigenvalue weighted by molar-refractivity contribution is 5.97. The largest absolute Gasteiger partial charge is 0.285 e. The highest BCUT2D eigenvalue weighted by atomic mass is 16.5. The number of hydrogen-bond acceptors (Lipinski definition) is 5. The van der Waals surface area contributed by atoms with Gasteiger partial charge in [-0.05, 0) is 38.1 Å². The van der Waals surface area contributed by atoms with Crippen LogP contribution in [0.5, 0.6) is 0 Å². The van der Waals surface area contributed by atoms with Gasteiger partial charge in [0.05, 0.1) is 11.2 Å². The molecule has 3 aromatic carbocycles. The molecule has 0 unspecified atom stereocenters. The Morgan fingerprint density at radius 1 is 0.793 bits per heavy atom. The first kappa shape index (κ1) is 17.5. The van der Waals surface area contributed by atoms with Crippen LogP contribution in [0.3, 0.4) is 0 Å². The number of aromatic nitrogens is 1. The van der Waals surface area contributed by atoms with Gasteiger partial charge < -0.3 is 0 Å². The highest BCUT2D eigenvalue weighted by Gasteiger charge is 2.44. The zero-order chi connectivity index (χ0) is 20.0. The first-order chi connectivity index (χ1) is 14.1.